The average molecular weight is 443 g/mol. The Morgan fingerprint density at radius 1 is 0.909 bits per heavy atom. The van der Waals surface area contributed by atoms with Crippen molar-refractivity contribution in [2.45, 2.75) is 25.5 Å². The zero-order valence-electron chi connectivity index (χ0n) is 17.8. The number of hydrogen-bond acceptors (Lipinski definition) is 6. The van der Waals surface area contributed by atoms with Gasteiger partial charge in [0.2, 0.25) is 5.91 Å². The fourth-order valence-corrected chi connectivity index (χ4v) is 4.50. The second kappa shape index (κ2) is 8.14. The molecule has 0 unspecified atom stereocenters. The molecule has 0 N–H and O–H groups in total. The standard InChI is InChI=1S/C25H21N3O5/c1-2-16-11-13-17(14-12-16)22-21-23(25(30)26(24(21)29)18-7-4-3-5-8-18)33-27(22)19-9-6-10-20(15-19)28(31)32/h3-15,21-23H,2H2,1H3/t21-,22+,23+/m1/s1. The zero-order valence-corrected chi connectivity index (χ0v) is 17.8. The summed E-state index contributed by atoms with van der Waals surface area (Å²) in [7, 11) is 0. The van der Waals surface area contributed by atoms with E-state index in [1.807, 2.05) is 30.3 Å². The van der Waals surface area contributed by atoms with E-state index in [2.05, 4.69) is 6.92 Å². The molecule has 8 nitrogen and oxygen atoms in total. The maximum absolute atomic E-state index is 13.5. The van der Waals surface area contributed by atoms with E-state index in [0.29, 0.717) is 11.4 Å². The third-order valence-corrected chi connectivity index (χ3v) is 6.15. The van der Waals surface area contributed by atoms with Crippen molar-refractivity contribution in [3.63, 3.8) is 0 Å². The molecule has 2 saturated heterocycles. The van der Waals surface area contributed by atoms with Crippen LogP contribution in [0.2, 0.25) is 0 Å². The van der Waals surface area contributed by atoms with E-state index >= 15 is 0 Å². The van der Waals surface area contributed by atoms with Crippen molar-refractivity contribution in [2.24, 2.45) is 5.92 Å². The quantitative estimate of drug-likeness (QED) is 0.333. The minimum atomic E-state index is -1.02. The van der Waals surface area contributed by atoms with E-state index in [0.717, 1.165) is 17.5 Å². The first kappa shape index (κ1) is 20.8. The second-order valence-corrected chi connectivity index (χ2v) is 8.04. The maximum Gasteiger partial charge on any atom is 0.271 e. The fourth-order valence-electron chi connectivity index (χ4n) is 4.50. The number of rotatable bonds is 5. The normalized spacial score (nSPS) is 22.0. The number of nitrogens with zero attached hydrogens (tertiary/aromatic N) is 3. The Hall–Kier alpha value is -4.04. The summed E-state index contributed by atoms with van der Waals surface area (Å²) < 4.78 is 0. The minimum absolute atomic E-state index is 0.100. The van der Waals surface area contributed by atoms with E-state index in [1.165, 1.54) is 22.1 Å². The Labute approximate surface area is 190 Å². The van der Waals surface area contributed by atoms with Gasteiger partial charge in [-0.25, -0.2) is 9.96 Å². The van der Waals surface area contributed by atoms with Crippen molar-refractivity contribution < 1.29 is 19.3 Å². The number of carbonyl (C=O) groups is 2. The number of amides is 2. The lowest BCUT2D eigenvalue weighted by Gasteiger charge is -2.28. The van der Waals surface area contributed by atoms with Gasteiger partial charge < -0.3 is 0 Å². The highest BCUT2D eigenvalue weighted by atomic mass is 16.7. The number of nitro groups is 1. The van der Waals surface area contributed by atoms with Crippen LogP contribution >= 0.6 is 0 Å². The maximum atomic E-state index is 13.5. The third-order valence-electron chi connectivity index (χ3n) is 6.15. The Morgan fingerprint density at radius 2 is 1.61 bits per heavy atom. The van der Waals surface area contributed by atoms with Gasteiger partial charge in [0.15, 0.2) is 6.10 Å². The van der Waals surface area contributed by atoms with Crippen LogP contribution in [0.4, 0.5) is 17.1 Å². The van der Waals surface area contributed by atoms with Crippen LogP contribution in [0, 0.1) is 16.0 Å². The summed E-state index contributed by atoms with van der Waals surface area (Å²) in [6, 6.07) is 21.9. The average Bonchev–Trinajstić information content (AvgIpc) is 3.35. The summed E-state index contributed by atoms with van der Waals surface area (Å²) in [6.45, 7) is 2.05. The predicted molar refractivity (Wildman–Crippen MR) is 121 cm³/mol. The molecule has 0 spiro atoms. The van der Waals surface area contributed by atoms with E-state index < -0.39 is 28.9 Å². The molecule has 2 amide bonds. The molecule has 0 saturated carbocycles. The second-order valence-electron chi connectivity index (χ2n) is 8.04. The van der Waals surface area contributed by atoms with Gasteiger partial charge in [0.1, 0.15) is 5.92 Å². The van der Waals surface area contributed by atoms with Crippen LogP contribution < -0.4 is 9.96 Å². The van der Waals surface area contributed by atoms with Gasteiger partial charge in [-0.05, 0) is 35.7 Å². The lowest BCUT2D eigenvalue weighted by molar-refractivity contribution is -0.384. The number of para-hydroxylation sites is 1. The Kier molecular flexibility index (Phi) is 5.14. The van der Waals surface area contributed by atoms with Gasteiger partial charge in [-0.3, -0.25) is 24.5 Å². The number of non-ortho nitro benzene ring substituents is 1. The summed E-state index contributed by atoms with van der Waals surface area (Å²) in [6.07, 6.45) is -0.158. The molecule has 2 aliphatic heterocycles. The summed E-state index contributed by atoms with van der Waals surface area (Å²) in [4.78, 5) is 44.9. The van der Waals surface area contributed by atoms with Crippen molar-refractivity contribution in [1.82, 2.24) is 0 Å². The molecule has 0 aliphatic carbocycles. The first-order valence-corrected chi connectivity index (χ1v) is 10.7. The SMILES string of the molecule is CCc1ccc([C@H]2[C@H]3C(=O)N(c4ccccc4)C(=O)[C@H]3ON2c2cccc([N+](=O)[O-])c2)cc1. The molecule has 2 aliphatic rings. The summed E-state index contributed by atoms with van der Waals surface area (Å²) in [5, 5.41) is 12.8. The highest BCUT2D eigenvalue weighted by Crippen LogP contribution is 2.48. The highest BCUT2D eigenvalue weighted by molar-refractivity contribution is 6.23. The van der Waals surface area contributed by atoms with Crippen LogP contribution in [0.1, 0.15) is 24.1 Å². The van der Waals surface area contributed by atoms with Crippen molar-refractivity contribution in [3.8, 4) is 0 Å². The summed E-state index contributed by atoms with van der Waals surface area (Å²) >= 11 is 0. The van der Waals surface area contributed by atoms with Gasteiger partial charge in [0.25, 0.3) is 11.6 Å². The molecule has 5 rings (SSSR count). The van der Waals surface area contributed by atoms with Gasteiger partial charge in [-0.2, -0.15) is 0 Å². The van der Waals surface area contributed by atoms with Crippen molar-refractivity contribution >= 4 is 28.9 Å². The molecule has 3 aromatic carbocycles. The lowest BCUT2D eigenvalue weighted by Crippen LogP contribution is -2.37. The fraction of sp³-hybridized carbons (Fsp3) is 0.200. The van der Waals surface area contributed by atoms with E-state index in [9.17, 15) is 19.7 Å². The first-order valence-electron chi connectivity index (χ1n) is 10.7. The topological polar surface area (TPSA) is 93.0 Å². The number of anilines is 2. The number of hydrogen-bond donors (Lipinski definition) is 0. The van der Waals surface area contributed by atoms with Crippen LogP contribution in [0.3, 0.4) is 0 Å². The molecule has 2 heterocycles. The van der Waals surface area contributed by atoms with Gasteiger partial charge in [0.05, 0.1) is 22.3 Å². The van der Waals surface area contributed by atoms with Crippen molar-refractivity contribution in [2.75, 3.05) is 9.96 Å². The van der Waals surface area contributed by atoms with Crippen LogP contribution in [0.25, 0.3) is 0 Å². The number of nitro benzene ring substituents is 1. The Balaban J connectivity index is 1.59. The molecular formula is C25H21N3O5. The van der Waals surface area contributed by atoms with E-state index in [4.69, 9.17) is 4.84 Å². The van der Waals surface area contributed by atoms with Gasteiger partial charge >= 0.3 is 0 Å². The molecule has 3 aromatic rings. The van der Waals surface area contributed by atoms with Crippen molar-refractivity contribution in [3.05, 3.63) is 100 Å². The van der Waals surface area contributed by atoms with E-state index in [1.54, 1.807) is 36.4 Å². The predicted octanol–water partition coefficient (Wildman–Crippen LogP) is 4.21. The summed E-state index contributed by atoms with van der Waals surface area (Å²) in [5.41, 5.74) is 2.73. The van der Waals surface area contributed by atoms with E-state index in [-0.39, 0.29) is 11.6 Å². The summed E-state index contributed by atoms with van der Waals surface area (Å²) in [5.74, 6) is -1.59. The highest BCUT2D eigenvalue weighted by Gasteiger charge is 2.60. The van der Waals surface area contributed by atoms with Crippen LogP contribution in [-0.4, -0.2) is 22.8 Å². The number of hydroxylamine groups is 1. The molecule has 33 heavy (non-hydrogen) atoms. The number of aryl methyl sites for hydroxylation is 1. The van der Waals surface area contributed by atoms with Crippen molar-refractivity contribution in [1.29, 1.82) is 0 Å². The van der Waals surface area contributed by atoms with Gasteiger partial charge in [-0.1, -0.05) is 55.5 Å². The molecule has 0 aromatic heterocycles. The largest absolute Gasteiger partial charge is 0.273 e. The number of imide groups is 1. The van der Waals surface area contributed by atoms with Crippen LogP contribution in [-0.2, 0) is 20.8 Å². The molecule has 166 valence electrons. The van der Waals surface area contributed by atoms with Crippen LogP contribution in [0.15, 0.2) is 78.9 Å². The van der Waals surface area contributed by atoms with Gasteiger partial charge in [-0.15, -0.1) is 0 Å². The molecule has 2 fully saturated rings. The Morgan fingerprint density at radius 3 is 2.27 bits per heavy atom. The molecule has 0 bridgehead atoms. The molecule has 8 heteroatoms. The molecule has 3 atom stereocenters. The monoisotopic (exact) mass is 443 g/mol. The lowest BCUT2D eigenvalue weighted by atomic mass is 9.90. The Bertz CT molecular complexity index is 1230. The number of fused-ring (bicyclic) bond motifs is 1. The zero-order chi connectivity index (χ0) is 23.1. The van der Waals surface area contributed by atoms with Crippen LogP contribution in [0.5, 0.6) is 0 Å². The minimum Gasteiger partial charge on any atom is -0.273 e. The number of carbonyl (C=O) groups excluding carboxylic acids is 2. The smallest absolute Gasteiger partial charge is 0.271 e. The number of benzene rings is 3. The third kappa shape index (κ3) is 3.44. The van der Waals surface area contributed by atoms with Gasteiger partial charge in [0, 0.05) is 12.1 Å². The molecule has 0 radical (unpaired) electrons. The first-order chi connectivity index (χ1) is 16.0. The molecular weight excluding hydrogens is 422 g/mol.